The van der Waals surface area contributed by atoms with E-state index in [1.54, 1.807) is 27.6 Å². The van der Waals surface area contributed by atoms with Crippen molar-refractivity contribution in [2.24, 2.45) is 5.73 Å². The first kappa shape index (κ1) is 26.1. The molecule has 0 saturated carbocycles. The number of nitrogens with zero attached hydrogens (tertiary/aromatic N) is 3. The number of hydrogen-bond acceptors (Lipinski definition) is 5. The molecule has 0 radical (unpaired) electrons. The fourth-order valence-corrected chi connectivity index (χ4v) is 4.65. The lowest BCUT2D eigenvalue weighted by Gasteiger charge is -2.15. The molecule has 11 heteroatoms. The molecule has 1 saturated heterocycles. The van der Waals surface area contributed by atoms with Crippen LogP contribution >= 0.6 is 0 Å². The maximum atomic E-state index is 13.5. The monoisotopic (exact) mass is 530 g/mol. The lowest BCUT2D eigenvalue weighted by molar-refractivity contribution is 0.0783. The number of aromatic nitrogens is 3. The number of rotatable bonds is 9. The Balaban J connectivity index is 1.26. The molecule has 202 valence electrons. The van der Waals surface area contributed by atoms with Gasteiger partial charge in [0.25, 0.3) is 11.5 Å². The quantitative estimate of drug-likeness (QED) is 0.128. The van der Waals surface area contributed by atoms with Crippen LogP contribution in [0.2, 0.25) is 0 Å². The van der Waals surface area contributed by atoms with Crippen molar-refractivity contribution >= 4 is 17.6 Å². The summed E-state index contributed by atoms with van der Waals surface area (Å²) in [6.07, 6.45) is 3.90. The average molecular weight is 531 g/mol. The van der Waals surface area contributed by atoms with Crippen molar-refractivity contribution in [3.8, 4) is 22.4 Å². The predicted molar refractivity (Wildman–Crippen MR) is 148 cm³/mol. The van der Waals surface area contributed by atoms with Crippen LogP contribution in [0.25, 0.3) is 28.2 Å². The molecule has 0 spiro atoms. The number of H-pyrrole nitrogens is 1. The predicted octanol–water partition coefficient (Wildman–Crippen LogP) is 2.50. The number of benzene rings is 2. The number of hydrogen-bond donors (Lipinski definition) is 5. The summed E-state index contributed by atoms with van der Waals surface area (Å²) in [4.78, 5) is 34.3. The Labute approximate surface area is 224 Å². The zero-order valence-electron chi connectivity index (χ0n) is 21.4. The van der Waals surface area contributed by atoms with E-state index in [0.717, 1.165) is 35.3 Å². The minimum Gasteiger partial charge on any atom is -0.370 e. The number of nitrogens with two attached hydrogens (primary N) is 1. The van der Waals surface area contributed by atoms with Crippen molar-refractivity contribution in [2.45, 2.75) is 25.6 Å². The SMILES string of the molecule is N=C(N)NCCCNCc1ccc(-c2cn3cc(-c4ccc(C(=O)N5CC[C@H](F)C5)cc4)[nH]c3nc2=O)cc1. The molecule has 1 aliphatic heterocycles. The molecule has 0 aliphatic carbocycles. The highest BCUT2D eigenvalue weighted by Gasteiger charge is 2.26. The van der Waals surface area contributed by atoms with E-state index >= 15 is 0 Å². The molecule has 1 atom stereocenters. The van der Waals surface area contributed by atoms with Crippen LogP contribution in [0.5, 0.6) is 0 Å². The summed E-state index contributed by atoms with van der Waals surface area (Å²) in [5, 5.41) is 13.3. The van der Waals surface area contributed by atoms with Gasteiger partial charge in [-0.2, -0.15) is 4.98 Å². The van der Waals surface area contributed by atoms with Crippen molar-refractivity contribution in [2.75, 3.05) is 26.2 Å². The van der Waals surface area contributed by atoms with Crippen molar-refractivity contribution in [1.82, 2.24) is 29.9 Å². The lowest BCUT2D eigenvalue weighted by atomic mass is 10.1. The third-order valence-electron chi connectivity index (χ3n) is 6.77. The van der Waals surface area contributed by atoms with Crippen molar-refractivity contribution in [3.05, 3.63) is 82.4 Å². The molecule has 1 aliphatic rings. The number of halogens is 1. The summed E-state index contributed by atoms with van der Waals surface area (Å²) in [7, 11) is 0. The van der Waals surface area contributed by atoms with E-state index in [9.17, 15) is 14.0 Å². The summed E-state index contributed by atoms with van der Waals surface area (Å²) >= 11 is 0. The van der Waals surface area contributed by atoms with E-state index in [4.69, 9.17) is 11.1 Å². The lowest BCUT2D eigenvalue weighted by Crippen LogP contribution is -2.32. The molecule has 39 heavy (non-hydrogen) atoms. The molecule has 1 fully saturated rings. The molecular formula is C28H31FN8O2. The van der Waals surface area contributed by atoms with Gasteiger partial charge in [-0.3, -0.25) is 19.4 Å². The first-order valence-corrected chi connectivity index (χ1v) is 12.9. The van der Waals surface area contributed by atoms with Crippen LogP contribution in [0.4, 0.5) is 4.39 Å². The van der Waals surface area contributed by atoms with Crippen LogP contribution in [-0.4, -0.2) is 63.5 Å². The van der Waals surface area contributed by atoms with Gasteiger partial charge in [-0.25, -0.2) is 4.39 Å². The topological polar surface area (TPSA) is 144 Å². The average Bonchev–Trinajstić information content (AvgIpc) is 3.56. The van der Waals surface area contributed by atoms with E-state index in [1.807, 2.05) is 42.6 Å². The van der Waals surface area contributed by atoms with Gasteiger partial charge in [0.05, 0.1) is 17.8 Å². The van der Waals surface area contributed by atoms with Crippen LogP contribution in [0.15, 0.2) is 65.7 Å². The number of nitrogens with one attached hydrogen (secondary N) is 4. The number of alkyl halides is 1. The number of likely N-dealkylation sites (tertiary alicyclic amines) is 1. The summed E-state index contributed by atoms with van der Waals surface area (Å²) in [5.74, 6) is 0.230. The first-order chi connectivity index (χ1) is 18.9. The van der Waals surface area contributed by atoms with E-state index in [1.165, 1.54) is 0 Å². The summed E-state index contributed by atoms with van der Waals surface area (Å²) in [6, 6.07) is 14.9. The molecule has 2 aromatic carbocycles. The normalized spacial score (nSPS) is 15.1. The molecule has 5 rings (SSSR count). The highest BCUT2D eigenvalue weighted by molar-refractivity contribution is 5.95. The van der Waals surface area contributed by atoms with Crippen LogP contribution in [0, 0.1) is 5.41 Å². The number of aromatic amines is 1. The molecule has 0 unspecified atom stereocenters. The number of fused-ring (bicyclic) bond motifs is 1. The van der Waals surface area contributed by atoms with Gasteiger partial charge in [0, 0.05) is 37.6 Å². The minimum atomic E-state index is -0.951. The van der Waals surface area contributed by atoms with E-state index in [-0.39, 0.29) is 24.0 Å². The standard InChI is InChI=1S/C28H31FN8O2/c29-22-10-13-36(15-22)26(39)21-8-6-20(7-9-21)24-17-37-16-23(25(38)35-28(37)34-24)19-4-2-18(3-5-19)14-32-11-1-12-33-27(30)31/h2-9,16-17,22,32H,1,10-15H2,(H4,30,31,33)(H,34,35,38)/t22-/m0/s1. The molecule has 2 aromatic heterocycles. The Kier molecular flexibility index (Phi) is 7.69. The van der Waals surface area contributed by atoms with E-state index in [2.05, 4.69) is 20.6 Å². The van der Waals surface area contributed by atoms with Crippen LogP contribution in [-0.2, 0) is 6.54 Å². The number of imidazole rings is 1. The highest BCUT2D eigenvalue weighted by Crippen LogP contribution is 2.23. The van der Waals surface area contributed by atoms with Gasteiger partial charge in [0.2, 0.25) is 5.78 Å². The molecule has 0 bridgehead atoms. The summed E-state index contributed by atoms with van der Waals surface area (Å²) in [5.41, 5.74) is 9.40. The second-order valence-electron chi connectivity index (χ2n) is 9.64. The van der Waals surface area contributed by atoms with Crippen LogP contribution in [0.1, 0.15) is 28.8 Å². The molecule has 6 N–H and O–H groups in total. The highest BCUT2D eigenvalue weighted by atomic mass is 19.1. The zero-order valence-corrected chi connectivity index (χ0v) is 21.4. The number of amides is 1. The molecule has 1 amide bonds. The van der Waals surface area contributed by atoms with Crippen LogP contribution in [0.3, 0.4) is 0 Å². The van der Waals surface area contributed by atoms with E-state index in [0.29, 0.717) is 43.0 Å². The maximum absolute atomic E-state index is 13.5. The Morgan fingerprint density at radius 1 is 1.10 bits per heavy atom. The number of carbonyl (C=O) groups excluding carboxylic acids is 1. The molecule has 4 aromatic rings. The van der Waals surface area contributed by atoms with Gasteiger partial charge in [-0.15, -0.1) is 0 Å². The Morgan fingerprint density at radius 3 is 2.54 bits per heavy atom. The van der Waals surface area contributed by atoms with Crippen LogP contribution < -0.4 is 21.9 Å². The molecule has 10 nitrogen and oxygen atoms in total. The zero-order chi connectivity index (χ0) is 27.4. The third kappa shape index (κ3) is 6.15. The maximum Gasteiger partial charge on any atom is 0.282 e. The van der Waals surface area contributed by atoms with Crippen molar-refractivity contribution in [3.63, 3.8) is 0 Å². The number of carbonyl (C=O) groups is 1. The Bertz CT molecular complexity index is 1530. The second-order valence-corrected chi connectivity index (χ2v) is 9.64. The summed E-state index contributed by atoms with van der Waals surface area (Å²) in [6.45, 7) is 2.71. The largest absolute Gasteiger partial charge is 0.370 e. The van der Waals surface area contributed by atoms with Gasteiger partial charge < -0.3 is 26.3 Å². The van der Waals surface area contributed by atoms with Crippen molar-refractivity contribution < 1.29 is 9.18 Å². The minimum absolute atomic E-state index is 0.0240. The summed E-state index contributed by atoms with van der Waals surface area (Å²) < 4.78 is 15.3. The second kappa shape index (κ2) is 11.5. The fourth-order valence-electron chi connectivity index (χ4n) is 4.65. The smallest absolute Gasteiger partial charge is 0.282 e. The van der Waals surface area contributed by atoms with Gasteiger partial charge in [-0.05, 0) is 48.2 Å². The Hall–Kier alpha value is -4.51. The first-order valence-electron chi connectivity index (χ1n) is 12.9. The Morgan fingerprint density at radius 2 is 1.85 bits per heavy atom. The third-order valence-corrected chi connectivity index (χ3v) is 6.77. The van der Waals surface area contributed by atoms with E-state index < -0.39 is 6.17 Å². The van der Waals surface area contributed by atoms with Crippen molar-refractivity contribution in [1.29, 1.82) is 5.41 Å². The molecule has 3 heterocycles. The molecular weight excluding hydrogens is 499 g/mol. The van der Waals surface area contributed by atoms with Gasteiger partial charge in [-0.1, -0.05) is 36.4 Å². The van der Waals surface area contributed by atoms with Gasteiger partial charge in [0.15, 0.2) is 5.96 Å². The fraction of sp³-hybridized carbons (Fsp3) is 0.286. The number of guanidine groups is 1. The van der Waals surface area contributed by atoms with Gasteiger partial charge >= 0.3 is 0 Å². The van der Waals surface area contributed by atoms with Gasteiger partial charge in [0.1, 0.15) is 6.17 Å².